The fourth-order valence-corrected chi connectivity index (χ4v) is 3.30. The Morgan fingerprint density at radius 2 is 1.84 bits per heavy atom. The largest absolute Gasteiger partial charge is 0.464 e. The molecule has 3 rings (SSSR count). The Labute approximate surface area is 144 Å². The lowest BCUT2D eigenvalue weighted by molar-refractivity contribution is 0.0591. The topological polar surface area (TPSA) is 98.6 Å². The molecule has 0 aliphatic carbocycles. The molecule has 2 aromatic rings. The minimum absolute atomic E-state index is 0.170. The van der Waals surface area contributed by atoms with Crippen LogP contribution in [0.1, 0.15) is 26.5 Å². The van der Waals surface area contributed by atoms with E-state index in [1.54, 1.807) is 15.6 Å². The number of carbonyl (C=O) groups is 2. The lowest BCUT2D eigenvalue weighted by atomic mass is 10.2. The molecule has 0 unspecified atom stereocenters. The van der Waals surface area contributed by atoms with Crippen LogP contribution in [0.15, 0.2) is 35.2 Å². The van der Waals surface area contributed by atoms with Gasteiger partial charge in [0.15, 0.2) is 15.5 Å². The van der Waals surface area contributed by atoms with Crippen LogP contribution in [0.25, 0.3) is 0 Å². The third-order valence-corrected chi connectivity index (χ3v) is 5.14. The summed E-state index contributed by atoms with van der Waals surface area (Å²) in [6, 6.07) is 7.46. The van der Waals surface area contributed by atoms with E-state index in [4.69, 9.17) is 0 Å². The van der Waals surface area contributed by atoms with Crippen LogP contribution >= 0.6 is 0 Å². The molecule has 132 valence electrons. The Hall–Kier alpha value is -2.68. The van der Waals surface area contributed by atoms with E-state index in [-0.39, 0.29) is 16.5 Å². The number of benzene rings is 1. The van der Waals surface area contributed by atoms with E-state index in [0.717, 1.165) is 11.9 Å². The van der Waals surface area contributed by atoms with Crippen molar-refractivity contribution in [2.75, 3.05) is 19.9 Å². The van der Waals surface area contributed by atoms with Crippen LogP contribution in [0, 0.1) is 0 Å². The van der Waals surface area contributed by atoms with Gasteiger partial charge in [-0.05, 0) is 30.3 Å². The number of carbonyl (C=O) groups excluding carboxylic acids is 2. The number of methoxy groups -OCH3 is 1. The van der Waals surface area contributed by atoms with Crippen LogP contribution < -0.4 is 0 Å². The lowest BCUT2D eigenvalue weighted by Crippen LogP contribution is -2.38. The van der Waals surface area contributed by atoms with Gasteiger partial charge in [0.1, 0.15) is 0 Å². The summed E-state index contributed by atoms with van der Waals surface area (Å²) in [5.74, 6) is -0.719. The summed E-state index contributed by atoms with van der Waals surface area (Å²) < 4.78 is 29.3. The maximum absolute atomic E-state index is 12.6. The van der Waals surface area contributed by atoms with Crippen LogP contribution in [-0.2, 0) is 27.7 Å². The standard InChI is InChI=1S/C16H17N3O5S/c1-24-16(21)14-9-12-10-18(7-8-19(12)17-14)15(20)11-3-5-13(6-4-11)25(2,22)23/h3-6,9H,7-8,10H2,1-2H3. The number of hydrogen-bond donors (Lipinski definition) is 0. The van der Waals surface area contributed by atoms with Gasteiger partial charge in [-0.3, -0.25) is 9.48 Å². The number of hydrogen-bond acceptors (Lipinski definition) is 6. The number of aromatic nitrogens is 2. The predicted octanol–water partition coefficient (Wildman–Crippen LogP) is 0.729. The first-order valence-electron chi connectivity index (χ1n) is 7.54. The molecule has 0 radical (unpaired) electrons. The first kappa shape index (κ1) is 17.2. The van der Waals surface area contributed by atoms with Crippen molar-refractivity contribution in [3.63, 3.8) is 0 Å². The molecule has 0 spiro atoms. The molecule has 2 heterocycles. The minimum atomic E-state index is -3.30. The van der Waals surface area contributed by atoms with E-state index in [2.05, 4.69) is 9.84 Å². The van der Waals surface area contributed by atoms with Gasteiger partial charge >= 0.3 is 5.97 Å². The second-order valence-corrected chi connectivity index (χ2v) is 7.77. The number of esters is 1. The third kappa shape index (κ3) is 3.41. The van der Waals surface area contributed by atoms with Crippen molar-refractivity contribution in [2.24, 2.45) is 0 Å². The molecular weight excluding hydrogens is 346 g/mol. The summed E-state index contributed by atoms with van der Waals surface area (Å²) in [6.07, 6.45) is 1.12. The van der Waals surface area contributed by atoms with Crippen LogP contribution in [-0.4, -0.2) is 54.9 Å². The van der Waals surface area contributed by atoms with Crippen molar-refractivity contribution in [3.8, 4) is 0 Å². The highest BCUT2D eigenvalue weighted by Crippen LogP contribution is 2.18. The van der Waals surface area contributed by atoms with Crippen molar-refractivity contribution in [1.29, 1.82) is 0 Å². The number of amides is 1. The van der Waals surface area contributed by atoms with Crippen LogP contribution in [0.2, 0.25) is 0 Å². The maximum Gasteiger partial charge on any atom is 0.358 e. The molecule has 25 heavy (non-hydrogen) atoms. The van der Waals surface area contributed by atoms with E-state index in [0.29, 0.717) is 25.2 Å². The molecule has 0 saturated heterocycles. The van der Waals surface area contributed by atoms with Gasteiger partial charge in [0.05, 0.1) is 30.8 Å². The highest BCUT2D eigenvalue weighted by Gasteiger charge is 2.25. The summed E-state index contributed by atoms with van der Waals surface area (Å²) in [7, 11) is -2.01. The van der Waals surface area contributed by atoms with Gasteiger partial charge in [-0.1, -0.05) is 0 Å². The summed E-state index contributed by atoms with van der Waals surface area (Å²) >= 11 is 0. The first-order valence-corrected chi connectivity index (χ1v) is 9.43. The Morgan fingerprint density at radius 1 is 1.16 bits per heavy atom. The minimum Gasteiger partial charge on any atom is -0.464 e. The van der Waals surface area contributed by atoms with Gasteiger partial charge in [-0.25, -0.2) is 13.2 Å². The van der Waals surface area contributed by atoms with E-state index < -0.39 is 15.8 Å². The Bertz CT molecular complexity index is 931. The van der Waals surface area contributed by atoms with E-state index in [1.807, 2.05) is 0 Å². The van der Waals surface area contributed by atoms with Gasteiger partial charge < -0.3 is 9.64 Å². The second kappa shape index (κ2) is 6.32. The van der Waals surface area contributed by atoms with E-state index >= 15 is 0 Å². The van der Waals surface area contributed by atoms with Gasteiger partial charge in [0, 0.05) is 18.4 Å². The molecule has 0 fully saturated rings. The fraction of sp³-hybridized carbons (Fsp3) is 0.312. The van der Waals surface area contributed by atoms with Crippen LogP contribution in [0.5, 0.6) is 0 Å². The van der Waals surface area contributed by atoms with Crippen molar-refractivity contribution in [3.05, 3.63) is 47.3 Å². The second-order valence-electron chi connectivity index (χ2n) is 5.76. The smallest absolute Gasteiger partial charge is 0.358 e. The van der Waals surface area contributed by atoms with Gasteiger partial charge in [-0.15, -0.1) is 0 Å². The summed E-state index contributed by atoms with van der Waals surface area (Å²) in [5, 5.41) is 4.16. The molecule has 1 aliphatic rings. The third-order valence-electron chi connectivity index (χ3n) is 4.01. The number of sulfone groups is 1. The van der Waals surface area contributed by atoms with Crippen LogP contribution in [0.4, 0.5) is 0 Å². The molecule has 9 heteroatoms. The zero-order valence-corrected chi connectivity index (χ0v) is 14.6. The summed E-state index contributed by atoms with van der Waals surface area (Å²) in [6.45, 7) is 1.23. The van der Waals surface area contributed by atoms with Gasteiger partial charge in [-0.2, -0.15) is 5.10 Å². The summed E-state index contributed by atoms with van der Waals surface area (Å²) in [5.41, 5.74) is 1.37. The summed E-state index contributed by atoms with van der Waals surface area (Å²) in [4.78, 5) is 26.0. The molecule has 0 N–H and O–H groups in total. The number of fused-ring (bicyclic) bond motifs is 1. The molecule has 1 amide bonds. The molecule has 0 atom stereocenters. The Balaban J connectivity index is 1.78. The molecule has 0 saturated carbocycles. The lowest BCUT2D eigenvalue weighted by Gasteiger charge is -2.27. The normalized spacial score (nSPS) is 14.1. The van der Waals surface area contributed by atoms with Crippen molar-refractivity contribution in [2.45, 2.75) is 18.0 Å². The average molecular weight is 363 g/mol. The Morgan fingerprint density at radius 3 is 2.44 bits per heavy atom. The molecule has 1 aromatic heterocycles. The van der Waals surface area contributed by atoms with E-state index in [1.165, 1.54) is 31.4 Å². The highest BCUT2D eigenvalue weighted by molar-refractivity contribution is 7.90. The van der Waals surface area contributed by atoms with E-state index in [9.17, 15) is 18.0 Å². The van der Waals surface area contributed by atoms with Crippen molar-refractivity contribution >= 4 is 21.7 Å². The molecule has 0 bridgehead atoms. The monoisotopic (exact) mass is 363 g/mol. The number of nitrogens with zero attached hydrogens (tertiary/aromatic N) is 3. The molecule has 8 nitrogen and oxygen atoms in total. The zero-order valence-electron chi connectivity index (χ0n) is 13.8. The van der Waals surface area contributed by atoms with Crippen molar-refractivity contribution < 1.29 is 22.7 Å². The quantitative estimate of drug-likeness (QED) is 0.746. The predicted molar refractivity (Wildman–Crippen MR) is 87.9 cm³/mol. The molecule has 1 aromatic carbocycles. The zero-order chi connectivity index (χ0) is 18.2. The van der Waals surface area contributed by atoms with Gasteiger partial charge in [0.25, 0.3) is 5.91 Å². The SMILES string of the molecule is COC(=O)c1cc2n(n1)CCN(C(=O)c1ccc(S(C)(=O)=O)cc1)C2. The average Bonchev–Trinajstić information content (AvgIpc) is 3.03. The Kier molecular flexibility index (Phi) is 4.34. The molecular formula is C16H17N3O5S. The first-order chi connectivity index (χ1) is 11.8. The number of rotatable bonds is 3. The van der Waals surface area contributed by atoms with Gasteiger partial charge in [0.2, 0.25) is 0 Å². The highest BCUT2D eigenvalue weighted by atomic mass is 32.2. The molecule has 1 aliphatic heterocycles. The van der Waals surface area contributed by atoms with Crippen LogP contribution in [0.3, 0.4) is 0 Å². The van der Waals surface area contributed by atoms with Crippen molar-refractivity contribution in [1.82, 2.24) is 14.7 Å². The maximum atomic E-state index is 12.6. The number of ether oxygens (including phenoxy) is 1. The fourth-order valence-electron chi connectivity index (χ4n) is 2.67.